The maximum Gasteiger partial charge on any atom is 0.270 e. The largest absolute Gasteiger partial charge is 0.497 e. The van der Waals surface area contributed by atoms with Gasteiger partial charge in [-0.05, 0) is 19.1 Å². The molecule has 0 aliphatic rings. The number of hydrogen-bond donors (Lipinski definition) is 1. The van der Waals surface area contributed by atoms with Crippen molar-refractivity contribution in [2.45, 2.75) is 18.6 Å². The zero-order valence-corrected chi connectivity index (χ0v) is 18.0. The lowest BCUT2D eigenvalue weighted by Crippen LogP contribution is -2.15. The van der Waals surface area contributed by atoms with Gasteiger partial charge >= 0.3 is 0 Å². The van der Waals surface area contributed by atoms with Crippen LogP contribution in [0, 0.1) is 10.1 Å². The van der Waals surface area contributed by atoms with Gasteiger partial charge in [0.1, 0.15) is 11.5 Å². The number of ether oxygens (including phenoxy) is 2. The van der Waals surface area contributed by atoms with Gasteiger partial charge in [0.25, 0.3) is 5.69 Å². The fraction of sp³-hybridized carbons (Fsp3) is 0.250. The Morgan fingerprint density at radius 1 is 1.19 bits per heavy atom. The minimum atomic E-state index is -0.455. The zero-order valence-electron chi connectivity index (χ0n) is 17.2. The third kappa shape index (κ3) is 5.12. The lowest BCUT2D eigenvalue weighted by molar-refractivity contribution is -0.384. The molecule has 1 amide bonds. The Hall–Kier alpha value is -3.60. The van der Waals surface area contributed by atoms with E-state index in [9.17, 15) is 14.9 Å². The normalized spacial score (nSPS) is 10.5. The number of benzene rings is 2. The maximum absolute atomic E-state index is 12.5. The Morgan fingerprint density at radius 2 is 2.00 bits per heavy atom. The molecule has 11 heteroatoms. The summed E-state index contributed by atoms with van der Waals surface area (Å²) < 4.78 is 12.3. The second kappa shape index (κ2) is 9.94. The number of methoxy groups -OCH3 is 2. The number of aromatic nitrogens is 3. The highest BCUT2D eigenvalue weighted by molar-refractivity contribution is 7.99. The summed E-state index contributed by atoms with van der Waals surface area (Å²) in [4.78, 5) is 23.1. The minimum Gasteiger partial charge on any atom is -0.497 e. The SMILES string of the molecule is CCn1c(SCC(=O)Nc2cc(OC)ccc2OC)nnc1-c1cccc([N+](=O)[O-])c1. The Balaban J connectivity index is 1.74. The Bertz CT molecular complexity index is 1100. The standard InChI is InChI=1S/C20H21N5O5S/c1-4-24-19(13-6-5-7-14(10-13)25(27)28)22-23-20(24)31-12-18(26)21-16-11-15(29-2)8-9-17(16)30-3/h5-11H,4,12H2,1-3H3,(H,21,26). The van der Waals surface area contributed by atoms with Crippen molar-refractivity contribution in [1.29, 1.82) is 0 Å². The lowest BCUT2D eigenvalue weighted by atomic mass is 10.2. The van der Waals surface area contributed by atoms with E-state index in [1.807, 2.05) is 11.5 Å². The molecule has 0 bridgehead atoms. The summed E-state index contributed by atoms with van der Waals surface area (Å²) in [7, 11) is 3.06. The van der Waals surface area contributed by atoms with Crippen molar-refractivity contribution in [2.24, 2.45) is 0 Å². The van der Waals surface area contributed by atoms with Crippen LogP contribution >= 0.6 is 11.8 Å². The number of nitrogens with one attached hydrogen (secondary N) is 1. The van der Waals surface area contributed by atoms with Gasteiger partial charge in [-0.1, -0.05) is 23.9 Å². The summed E-state index contributed by atoms with van der Waals surface area (Å²) in [6.45, 7) is 2.45. The van der Waals surface area contributed by atoms with Crippen molar-refractivity contribution >= 4 is 29.0 Å². The molecule has 1 heterocycles. The number of nitro benzene ring substituents is 1. The van der Waals surface area contributed by atoms with Crippen LogP contribution in [-0.4, -0.2) is 45.6 Å². The third-order valence-electron chi connectivity index (χ3n) is 4.36. The van der Waals surface area contributed by atoms with E-state index in [1.54, 1.807) is 37.4 Å². The number of rotatable bonds is 9. The fourth-order valence-corrected chi connectivity index (χ4v) is 3.68. The van der Waals surface area contributed by atoms with Crippen LogP contribution in [0.2, 0.25) is 0 Å². The van der Waals surface area contributed by atoms with E-state index in [0.29, 0.717) is 40.3 Å². The van der Waals surface area contributed by atoms with E-state index in [2.05, 4.69) is 15.5 Å². The van der Waals surface area contributed by atoms with E-state index >= 15 is 0 Å². The van der Waals surface area contributed by atoms with E-state index in [1.165, 1.54) is 31.0 Å². The van der Waals surface area contributed by atoms with Crippen LogP contribution in [0.15, 0.2) is 47.6 Å². The molecule has 0 spiro atoms. The molecule has 0 unspecified atom stereocenters. The van der Waals surface area contributed by atoms with Crippen LogP contribution in [0.5, 0.6) is 11.5 Å². The Labute approximate surface area is 182 Å². The highest BCUT2D eigenvalue weighted by Gasteiger charge is 2.17. The van der Waals surface area contributed by atoms with Gasteiger partial charge in [-0.2, -0.15) is 0 Å². The number of hydrogen-bond acceptors (Lipinski definition) is 8. The first kappa shape index (κ1) is 22.1. The number of carbonyl (C=O) groups excluding carboxylic acids is 1. The minimum absolute atomic E-state index is 0.0241. The molecule has 162 valence electrons. The summed E-state index contributed by atoms with van der Waals surface area (Å²) in [6.07, 6.45) is 0. The van der Waals surface area contributed by atoms with Gasteiger partial charge in [0.2, 0.25) is 5.91 Å². The molecule has 1 N–H and O–H groups in total. The summed E-state index contributed by atoms with van der Waals surface area (Å²) >= 11 is 1.22. The van der Waals surface area contributed by atoms with Crippen LogP contribution in [0.25, 0.3) is 11.4 Å². The first-order valence-corrected chi connectivity index (χ1v) is 10.3. The van der Waals surface area contributed by atoms with Crippen molar-refractivity contribution in [2.75, 3.05) is 25.3 Å². The molecule has 0 aliphatic carbocycles. The Kier molecular flexibility index (Phi) is 7.08. The molecule has 10 nitrogen and oxygen atoms in total. The molecule has 0 aliphatic heterocycles. The summed E-state index contributed by atoms with van der Waals surface area (Å²) in [6, 6.07) is 11.3. The summed E-state index contributed by atoms with van der Waals surface area (Å²) in [5.74, 6) is 1.45. The van der Waals surface area contributed by atoms with Gasteiger partial charge in [0.05, 0.1) is 30.6 Å². The van der Waals surface area contributed by atoms with E-state index in [-0.39, 0.29) is 17.3 Å². The number of nitro groups is 1. The highest BCUT2D eigenvalue weighted by atomic mass is 32.2. The van der Waals surface area contributed by atoms with Crippen LogP contribution < -0.4 is 14.8 Å². The first-order valence-electron chi connectivity index (χ1n) is 9.29. The average molecular weight is 443 g/mol. The quantitative estimate of drug-likeness (QED) is 0.302. The number of amides is 1. The van der Waals surface area contributed by atoms with E-state index < -0.39 is 4.92 Å². The number of anilines is 1. The molecule has 2 aromatic carbocycles. The topological polar surface area (TPSA) is 121 Å². The van der Waals surface area contributed by atoms with Gasteiger partial charge < -0.3 is 19.4 Å². The van der Waals surface area contributed by atoms with Crippen LogP contribution in [0.1, 0.15) is 6.92 Å². The first-order chi connectivity index (χ1) is 15.0. The van der Waals surface area contributed by atoms with Crippen LogP contribution in [-0.2, 0) is 11.3 Å². The smallest absolute Gasteiger partial charge is 0.270 e. The predicted octanol–water partition coefficient (Wildman–Crippen LogP) is 3.62. The second-order valence-corrected chi connectivity index (χ2v) is 7.20. The van der Waals surface area contributed by atoms with Crippen molar-refractivity contribution in [3.05, 3.63) is 52.6 Å². The molecule has 31 heavy (non-hydrogen) atoms. The van der Waals surface area contributed by atoms with Crippen LogP contribution in [0.4, 0.5) is 11.4 Å². The van der Waals surface area contributed by atoms with Crippen molar-refractivity contribution < 1.29 is 19.2 Å². The van der Waals surface area contributed by atoms with Crippen molar-refractivity contribution in [1.82, 2.24) is 14.8 Å². The van der Waals surface area contributed by atoms with Crippen molar-refractivity contribution in [3.63, 3.8) is 0 Å². The van der Waals surface area contributed by atoms with Gasteiger partial charge in [-0.3, -0.25) is 14.9 Å². The van der Waals surface area contributed by atoms with Gasteiger partial charge in [0.15, 0.2) is 11.0 Å². The molecule has 0 saturated heterocycles. The number of thioether (sulfide) groups is 1. The molecule has 0 radical (unpaired) electrons. The molecular formula is C20H21N5O5S. The predicted molar refractivity (Wildman–Crippen MR) is 117 cm³/mol. The maximum atomic E-state index is 12.5. The molecule has 3 aromatic rings. The second-order valence-electron chi connectivity index (χ2n) is 6.26. The number of non-ortho nitro benzene ring substituents is 1. The van der Waals surface area contributed by atoms with E-state index in [4.69, 9.17) is 9.47 Å². The molecule has 0 atom stereocenters. The lowest BCUT2D eigenvalue weighted by Gasteiger charge is -2.12. The molecular weight excluding hydrogens is 422 g/mol. The fourth-order valence-electron chi connectivity index (χ4n) is 2.88. The molecule has 0 fully saturated rings. The molecule has 1 aromatic heterocycles. The van der Waals surface area contributed by atoms with Gasteiger partial charge in [-0.15, -0.1) is 10.2 Å². The van der Waals surface area contributed by atoms with Gasteiger partial charge in [0, 0.05) is 30.3 Å². The number of carbonyl (C=O) groups is 1. The summed E-state index contributed by atoms with van der Waals surface area (Å²) in [5, 5.41) is 22.7. The average Bonchev–Trinajstić information content (AvgIpc) is 3.20. The van der Waals surface area contributed by atoms with E-state index in [0.717, 1.165) is 0 Å². The number of nitrogens with zero attached hydrogens (tertiary/aromatic N) is 4. The molecule has 3 rings (SSSR count). The van der Waals surface area contributed by atoms with Gasteiger partial charge in [-0.25, -0.2) is 0 Å². The Morgan fingerprint density at radius 3 is 2.68 bits per heavy atom. The summed E-state index contributed by atoms with van der Waals surface area (Å²) in [5.41, 5.74) is 1.06. The highest BCUT2D eigenvalue weighted by Crippen LogP contribution is 2.30. The monoisotopic (exact) mass is 443 g/mol. The van der Waals surface area contributed by atoms with Crippen LogP contribution in [0.3, 0.4) is 0 Å². The molecule has 0 saturated carbocycles. The zero-order chi connectivity index (χ0) is 22.4. The third-order valence-corrected chi connectivity index (χ3v) is 5.33. The van der Waals surface area contributed by atoms with Crippen molar-refractivity contribution in [3.8, 4) is 22.9 Å².